The number of imidazole rings is 2. The molecule has 2 unspecified atom stereocenters. The van der Waals surface area contributed by atoms with Crippen LogP contribution in [0.3, 0.4) is 0 Å². The fraction of sp³-hybridized carbons (Fsp3) is 0.462. The van der Waals surface area contributed by atoms with Crippen LogP contribution in [0.25, 0.3) is 22.1 Å². The number of para-hydroxylation sites is 3. The van der Waals surface area contributed by atoms with Gasteiger partial charge in [-0.15, -0.1) is 0 Å². The summed E-state index contributed by atoms with van der Waals surface area (Å²) in [6, 6.07) is 15.5. The Bertz CT molecular complexity index is 1230. The van der Waals surface area contributed by atoms with Crippen molar-refractivity contribution in [3.63, 3.8) is 0 Å². The van der Waals surface area contributed by atoms with Crippen molar-refractivity contribution < 1.29 is 0 Å². The molecule has 0 bridgehead atoms. The molecule has 5 rings (SSSR count). The summed E-state index contributed by atoms with van der Waals surface area (Å²) in [7, 11) is 2.04. The molecule has 174 valence electrons. The summed E-state index contributed by atoms with van der Waals surface area (Å²) >= 11 is 0. The van der Waals surface area contributed by atoms with Crippen molar-refractivity contribution in [2.75, 3.05) is 25.0 Å². The smallest absolute Gasteiger partial charge is 0.204 e. The third-order valence-corrected chi connectivity index (χ3v) is 7.19. The fourth-order valence-corrected chi connectivity index (χ4v) is 4.88. The van der Waals surface area contributed by atoms with Gasteiger partial charge in [0.15, 0.2) is 0 Å². The van der Waals surface area contributed by atoms with E-state index in [4.69, 9.17) is 10.7 Å². The first-order valence-corrected chi connectivity index (χ1v) is 12.1. The predicted octanol–water partition coefficient (Wildman–Crippen LogP) is 3.83. The van der Waals surface area contributed by atoms with E-state index in [-0.39, 0.29) is 6.04 Å². The average Bonchev–Trinajstić information content (AvgIpc) is 3.36. The summed E-state index contributed by atoms with van der Waals surface area (Å²) in [4.78, 5) is 12.2. The van der Waals surface area contributed by atoms with Crippen LogP contribution in [0.2, 0.25) is 0 Å². The van der Waals surface area contributed by atoms with E-state index in [1.165, 1.54) is 5.56 Å². The summed E-state index contributed by atoms with van der Waals surface area (Å²) in [5, 5.41) is 3.78. The second kappa shape index (κ2) is 9.15. The lowest BCUT2D eigenvalue weighted by Gasteiger charge is -2.34. The van der Waals surface area contributed by atoms with Gasteiger partial charge < -0.3 is 25.1 Å². The van der Waals surface area contributed by atoms with Crippen molar-refractivity contribution in [2.45, 2.75) is 45.3 Å². The average molecular weight is 446 g/mol. The second-order valence-electron chi connectivity index (χ2n) is 9.71. The number of aryl methyl sites for hydroxylation is 1. The Morgan fingerprint density at radius 3 is 2.61 bits per heavy atom. The zero-order valence-corrected chi connectivity index (χ0v) is 19.9. The van der Waals surface area contributed by atoms with Crippen molar-refractivity contribution in [3.8, 4) is 0 Å². The number of likely N-dealkylation sites (tertiary alicyclic amines) is 1. The molecule has 2 aromatic carbocycles. The van der Waals surface area contributed by atoms with Gasteiger partial charge in [0.2, 0.25) is 5.95 Å². The van der Waals surface area contributed by atoms with E-state index in [1.807, 2.05) is 13.4 Å². The molecule has 1 aliphatic rings. The highest BCUT2D eigenvalue weighted by molar-refractivity contribution is 5.81. The first kappa shape index (κ1) is 21.9. The SMILES string of the molecule is CC(N)C(C)CN1CCC(Nc2nc3ccccc3n2Cc2cccc3c2ncn3C)CC1. The third kappa shape index (κ3) is 4.48. The number of nitrogens with one attached hydrogen (secondary N) is 1. The summed E-state index contributed by atoms with van der Waals surface area (Å²) < 4.78 is 4.38. The van der Waals surface area contributed by atoms with E-state index in [1.54, 1.807) is 0 Å². The highest BCUT2D eigenvalue weighted by atomic mass is 15.2. The number of aromatic nitrogens is 4. The Balaban J connectivity index is 1.37. The lowest BCUT2D eigenvalue weighted by Crippen LogP contribution is -2.43. The van der Waals surface area contributed by atoms with Gasteiger partial charge in [-0.25, -0.2) is 9.97 Å². The molecule has 0 amide bonds. The molecule has 1 aliphatic heterocycles. The number of benzene rings is 2. The molecule has 2 atom stereocenters. The number of piperidine rings is 1. The van der Waals surface area contributed by atoms with E-state index >= 15 is 0 Å². The van der Waals surface area contributed by atoms with Crippen LogP contribution in [0.5, 0.6) is 0 Å². The van der Waals surface area contributed by atoms with Crippen molar-refractivity contribution in [2.24, 2.45) is 18.7 Å². The summed E-state index contributed by atoms with van der Waals surface area (Å²) in [6.45, 7) is 8.37. The molecule has 0 saturated carbocycles. The van der Waals surface area contributed by atoms with Crippen LogP contribution in [0, 0.1) is 5.92 Å². The van der Waals surface area contributed by atoms with Crippen LogP contribution < -0.4 is 11.1 Å². The molecule has 0 spiro atoms. The number of nitrogens with zero attached hydrogens (tertiary/aromatic N) is 5. The van der Waals surface area contributed by atoms with E-state index in [0.29, 0.717) is 12.0 Å². The van der Waals surface area contributed by atoms with Crippen LogP contribution in [0.4, 0.5) is 5.95 Å². The highest BCUT2D eigenvalue weighted by Gasteiger charge is 2.23. The number of anilines is 1. The van der Waals surface area contributed by atoms with Gasteiger partial charge in [0.05, 0.1) is 34.9 Å². The normalized spacial score (nSPS) is 17.6. The maximum Gasteiger partial charge on any atom is 0.204 e. The Morgan fingerprint density at radius 1 is 1.06 bits per heavy atom. The molecule has 1 saturated heterocycles. The van der Waals surface area contributed by atoms with Gasteiger partial charge in [0.25, 0.3) is 0 Å². The van der Waals surface area contributed by atoms with Crippen LogP contribution in [-0.2, 0) is 13.6 Å². The topological polar surface area (TPSA) is 76.9 Å². The van der Waals surface area contributed by atoms with Crippen LogP contribution in [0.15, 0.2) is 48.8 Å². The monoisotopic (exact) mass is 445 g/mol. The zero-order valence-electron chi connectivity index (χ0n) is 19.9. The van der Waals surface area contributed by atoms with Gasteiger partial charge in [-0.1, -0.05) is 31.2 Å². The standard InChI is InChI=1S/C26H35N7/c1-18(19(2)27)15-32-13-11-21(12-14-32)29-26-30-22-8-4-5-9-23(22)33(26)16-20-7-6-10-24-25(20)28-17-31(24)3/h4-10,17-19,21H,11-16,27H2,1-3H3,(H,29,30). The lowest BCUT2D eigenvalue weighted by molar-refractivity contribution is 0.184. The molecule has 4 aromatic rings. The first-order valence-electron chi connectivity index (χ1n) is 12.1. The number of rotatable bonds is 7. The van der Waals surface area contributed by atoms with Gasteiger partial charge in [-0.2, -0.15) is 0 Å². The van der Waals surface area contributed by atoms with E-state index in [9.17, 15) is 0 Å². The highest BCUT2D eigenvalue weighted by Crippen LogP contribution is 2.26. The molecule has 2 aromatic heterocycles. The number of hydrogen-bond acceptors (Lipinski definition) is 5. The van der Waals surface area contributed by atoms with Gasteiger partial charge in [0.1, 0.15) is 0 Å². The maximum absolute atomic E-state index is 6.08. The Morgan fingerprint density at radius 2 is 1.82 bits per heavy atom. The summed E-state index contributed by atoms with van der Waals surface area (Å²) in [6.07, 6.45) is 4.12. The minimum absolute atomic E-state index is 0.240. The second-order valence-corrected chi connectivity index (χ2v) is 9.71. The molecular weight excluding hydrogens is 410 g/mol. The Kier molecular flexibility index (Phi) is 6.08. The molecule has 0 radical (unpaired) electrons. The van der Waals surface area contributed by atoms with Crippen molar-refractivity contribution >= 4 is 28.0 Å². The largest absolute Gasteiger partial charge is 0.353 e. The van der Waals surface area contributed by atoms with Crippen LogP contribution in [-0.4, -0.2) is 55.7 Å². The maximum atomic E-state index is 6.08. The van der Waals surface area contributed by atoms with Crippen molar-refractivity contribution in [1.82, 2.24) is 24.0 Å². The van der Waals surface area contributed by atoms with Gasteiger partial charge in [-0.3, -0.25) is 0 Å². The lowest BCUT2D eigenvalue weighted by atomic mass is 10.0. The predicted molar refractivity (Wildman–Crippen MR) is 135 cm³/mol. The van der Waals surface area contributed by atoms with Crippen molar-refractivity contribution in [3.05, 3.63) is 54.4 Å². The number of nitrogens with two attached hydrogens (primary N) is 1. The molecule has 3 heterocycles. The van der Waals surface area contributed by atoms with E-state index < -0.39 is 0 Å². The molecule has 33 heavy (non-hydrogen) atoms. The zero-order chi connectivity index (χ0) is 22.9. The Hall–Kier alpha value is -2.90. The molecule has 1 fully saturated rings. The number of hydrogen-bond donors (Lipinski definition) is 2. The molecule has 3 N–H and O–H groups in total. The van der Waals surface area contributed by atoms with E-state index in [0.717, 1.165) is 67.0 Å². The third-order valence-electron chi connectivity index (χ3n) is 7.19. The van der Waals surface area contributed by atoms with Gasteiger partial charge in [-0.05, 0) is 49.4 Å². The van der Waals surface area contributed by atoms with Crippen molar-refractivity contribution in [1.29, 1.82) is 0 Å². The van der Waals surface area contributed by atoms with Crippen LogP contribution in [0.1, 0.15) is 32.3 Å². The number of fused-ring (bicyclic) bond motifs is 2. The molecule has 7 nitrogen and oxygen atoms in total. The summed E-state index contributed by atoms with van der Waals surface area (Å²) in [5.74, 6) is 1.47. The quantitative estimate of drug-likeness (QED) is 0.452. The van der Waals surface area contributed by atoms with Gasteiger partial charge >= 0.3 is 0 Å². The van der Waals surface area contributed by atoms with Gasteiger partial charge in [0, 0.05) is 38.8 Å². The minimum atomic E-state index is 0.240. The first-order chi connectivity index (χ1) is 16.0. The molecule has 0 aliphatic carbocycles. The summed E-state index contributed by atoms with van der Waals surface area (Å²) in [5.41, 5.74) is 11.7. The van der Waals surface area contributed by atoms with Crippen LogP contribution >= 0.6 is 0 Å². The molecule has 7 heteroatoms. The molecular formula is C26H35N7. The minimum Gasteiger partial charge on any atom is -0.353 e. The van der Waals surface area contributed by atoms with E-state index in [2.05, 4.69) is 80.6 Å². The fourth-order valence-electron chi connectivity index (χ4n) is 4.88. The Labute approximate surface area is 195 Å².